The standard InChI is InChI=1S/C40H26N6/c41-33-23-22-32-35(36(33)42)31-16-7-8-17-34(31)43-37(32)26-18-20-28(21-19-26)39-44-38(27-12-5-2-6-13-27)45-40(46-39)30-15-9-14-29(24-30)25-10-3-1-4-11-25/h1-24,41-42H. The fourth-order valence-electron chi connectivity index (χ4n) is 5.86. The highest BCUT2D eigenvalue weighted by Gasteiger charge is 2.23. The molecule has 0 fully saturated rings. The highest BCUT2D eigenvalue weighted by molar-refractivity contribution is 6.54. The van der Waals surface area contributed by atoms with Gasteiger partial charge in [0.05, 0.1) is 22.6 Å². The smallest absolute Gasteiger partial charge is 0.164 e. The molecule has 7 aromatic rings. The van der Waals surface area contributed by atoms with E-state index in [1.165, 1.54) is 0 Å². The maximum Gasteiger partial charge on any atom is 0.164 e. The number of allylic oxidation sites excluding steroid dienone is 1. The van der Waals surface area contributed by atoms with Crippen LogP contribution in [0.5, 0.6) is 0 Å². The lowest BCUT2D eigenvalue weighted by Crippen LogP contribution is -2.17. The van der Waals surface area contributed by atoms with Gasteiger partial charge in [-0.1, -0.05) is 121 Å². The van der Waals surface area contributed by atoms with Crippen LogP contribution in [-0.4, -0.2) is 31.4 Å². The maximum atomic E-state index is 8.68. The van der Waals surface area contributed by atoms with E-state index in [1.807, 2.05) is 115 Å². The number of benzene rings is 5. The van der Waals surface area contributed by atoms with E-state index in [0.29, 0.717) is 17.5 Å². The maximum absolute atomic E-state index is 8.68. The largest absolute Gasteiger partial charge is 0.299 e. The number of pyridine rings is 1. The van der Waals surface area contributed by atoms with Crippen LogP contribution in [0, 0.1) is 10.8 Å². The second kappa shape index (κ2) is 11.3. The molecule has 0 saturated heterocycles. The van der Waals surface area contributed by atoms with E-state index in [9.17, 15) is 0 Å². The Morgan fingerprint density at radius 2 is 0.957 bits per heavy atom. The lowest BCUT2D eigenvalue weighted by Gasteiger charge is -2.19. The van der Waals surface area contributed by atoms with Crippen LogP contribution >= 0.6 is 0 Å². The van der Waals surface area contributed by atoms with Gasteiger partial charge in [0.25, 0.3) is 0 Å². The monoisotopic (exact) mass is 590 g/mol. The Bertz CT molecular complexity index is 2330. The number of rotatable bonds is 5. The molecule has 216 valence electrons. The van der Waals surface area contributed by atoms with Crippen molar-refractivity contribution in [3.05, 3.63) is 151 Å². The summed E-state index contributed by atoms with van der Waals surface area (Å²) in [6, 6.07) is 44.4. The van der Waals surface area contributed by atoms with Gasteiger partial charge in [-0.25, -0.2) is 19.9 Å². The quantitative estimate of drug-likeness (QED) is 0.209. The molecular weight excluding hydrogens is 564 g/mol. The zero-order valence-electron chi connectivity index (χ0n) is 24.6. The lowest BCUT2D eigenvalue weighted by molar-refractivity contribution is 1.07. The Labute approximate surface area is 265 Å². The first-order chi connectivity index (χ1) is 22.6. The molecule has 2 aromatic heterocycles. The van der Waals surface area contributed by atoms with Crippen LogP contribution in [0.3, 0.4) is 0 Å². The Hall–Kier alpha value is -6.40. The zero-order chi connectivity index (χ0) is 31.0. The molecule has 5 aromatic carbocycles. The first kappa shape index (κ1) is 27.2. The SMILES string of the molecule is N=C1C=Cc2c(-c3ccc(-c4nc(-c5ccccc5)nc(-c5cccc(-c6ccccc6)c5)n4)cc3)nc3ccccc3c2C1=N. The summed E-state index contributed by atoms with van der Waals surface area (Å²) in [6.07, 6.45) is 3.57. The van der Waals surface area contributed by atoms with Crippen LogP contribution in [0.15, 0.2) is 140 Å². The van der Waals surface area contributed by atoms with Crippen molar-refractivity contribution in [2.45, 2.75) is 0 Å². The summed E-state index contributed by atoms with van der Waals surface area (Å²) >= 11 is 0. The molecule has 2 heterocycles. The van der Waals surface area contributed by atoms with E-state index in [2.05, 4.69) is 24.3 Å². The summed E-state index contributed by atoms with van der Waals surface area (Å²) in [5, 5.41) is 17.8. The summed E-state index contributed by atoms with van der Waals surface area (Å²) in [6.45, 7) is 0. The van der Waals surface area contributed by atoms with E-state index >= 15 is 0 Å². The summed E-state index contributed by atoms with van der Waals surface area (Å²) in [7, 11) is 0. The second-order valence-corrected chi connectivity index (χ2v) is 11.1. The first-order valence-electron chi connectivity index (χ1n) is 15.0. The van der Waals surface area contributed by atoms with Gasteiger partial charge >= 0.3 is 0 Å². The first-order valence-corrected chi connectivity index (χ1v) is 15.0. The molecule has 8 rings (SSSR count). The molecule has 0 saturated carbocycles. The number of nitrogens with one attached hydrogen (secondary N) is 2. The van der Waals surface area contributed by atoms with Crippen molar-refractivity contribution in [3.8, 4) is 56.5 Å². The van der Waals surface area contributed by atoms with Gasteiger partial charge in [0.1, 0.15) is 0 Å². The molecule has 2 N–H and O–H groups in total. The van der Waals surface area contributed by atoms with Crippen LogP contribution in [0.25, 0.3) is 73.5 Å². The fraction of sp³-hybridized carbons (Fsp3) is 0. The van der Waals surface area contributed by atoms with Gasteiger partial charge in [-0.05, 0) is 35.4 Å². The number of fused-ring (bicyclic) bond motifs is 3. The van der Waals surface area contributed by atoms with Gasteiger partial charge in [-0.3, -0.25) is 10.8 Å². The van der Waals surface area contributed by atoms with Crippen molar-refractivity contribution in [2.24, 2.45) is 0 Å². The molecular formula is C40H26N6. The molecule has 0 atom stereocenters. The number of para-hydroxylation sites is 1. The van der Waals surface area contributed by atoms with Gasteiger partial charge in [0.15, 0.2) is 17.5 Å². The van der Waals surface area contributed by atoms with Crippen LogP contribution in [0.4, 0.5) is 0 Å². The van der Waals surface area contributed by atoms with Gasteiger partial charge in [0.2, 0.25) is 0 Å². The average molecular weight is 591 g/mol. The molecule has 0 unspecified atom stereocenters. The van der Waals surface area contributed by atoms with Crippen molar-refractivity contribution >= 4 is 28.4 Å². The summed E-state index contributed by atoms with van der Waals surface area (Å²) in [5.74, 6) is 1.78. The summed E-state index contributed by atoms with van der Waals surface area (Å²) in [4.78, 5) is 19.8. The minimum Gasteiger partial charge on any atom is -0.299 e. The van der Waals surface area contributed by atoms with E-state index in [1.54, 1.807) is 6.08 Å². The molecule has 6 nitrogen and oxygen atoms in total. The van der Waals surface area contributed by atoms with Crippen LogP contribution < -0.4 is 0 Å². The van der Waals surface area contributed by atoms with Crippen LogP contribution in [0.1, 0.15) is 11.1 Å². The molecule has 6 heteroatoms. The van der Waals surface area contributed by atoms with E-state index < -0.39 is 0 Å². The topological polar surface area (TPSA) is 99.3 Å². The second-order valence-electron chi connectivity index (χ2n) is 11.1. The fourth-order valence-corrected chi connectivity index (χ4v) is 5.86. The number of aromatic nitrogens is 4. The predicted molar refractivity (Wildman–Crippen MR) is 186 cm³/mol. The van der Waals surface area contributed by atoms with Gasteiger partial charge in [-0.15, -0.1) is 0 Å². The number of hydrogen-bond acceptors (Lipinski definition) is 6. The molecule has 1 aliphatic carbocycles. The Morgan fingerprint density at radius 1 is 0.413 bits per heavy atom. The lowest BCUT2D eigenvalue weighted by atomic mass is 9.88. The predicted octanol–water partition coefficient (Wildman–Crippen LogP) is 9.17. The highest BCUT2D eigenvalue weighted by Crippen LogP contribution is 2.35. The van der Waals surface area contributed by atoms with Crippen molar-refractivity contribution in [2.75, 3.05) is 0 Å². The van der Waals surface area contributed by atoms with Crippen molar-refractivity contribution < 1.29 is 0 Å². The van der Waals surface area contributed by atoms with Gasteiger partial charge in [0, 0.05) is 38.8 Å². The normalized spacial score (nSPS) is 12.3. The Morgan fingerprint density at radius 3 is 1.67 bits per heavy atom. The van der Waals surface area contributed by atoms with E-state index in [-0.39, 0.29) is 11.4 Å². The van der Waals surface area contributed by atoms with Crippen LogP contribution in [-0.2, 0) is 0 Å². The van der Waals surface area contributed by atoms with Crippen LogP contribution in [0.2, 0.25) is 0 Å². The number of nitrogens with zero attached hydrogens (tertiary/aromatic N) is 4. The van der Waals surface area contributed by atoms with Crippen molar-refractivity contribution in [3.63, 3.8) is 0 Å². The molecule has 0 aliphatic heterocycles. The molecule has 0 amide bonds. The molecule has 1 aliphatic rings. The summed E-state index contributed by atoms with van der Waals surface area (Å²) in [5.41, 5.74) is 9.35. The third kappa shape index (κ3) is 4.88. The van der Waals surface area contributed by atoms with Gasteiger partial charge in [-0.2, -0.15) is 0 Å². The summed E-state index contributed by atoms with van der Waals surface area (Å²) < 4.78 is 0. The van der Waals surface area contributed by atoms with E-state index in [4.69, 9.17) is 30.8 Å². The van der Waals surface area contributed by atoms with Gasteiger partial charge < -0.3 is 0 Å². The average Bonchev–Trinajstić information content (AvgIpc) is 3.13. The Balaban J connectivity index is 1.24. The number of hydrogen-bond donors (Lipinski definition) is 2. The molecule has 46 heavy (non-hydrogen) atoms. The third-order valence-electron chi connectivity index (χ3n) is 8.18. The minimum atomic E-state index is 0.194. The molecule has 0 bridgehead atoms. The Kier molecular flexibility index (Phi) is 6.65. The third-order valence-corrected chi connectivity index (χ3v) is 8.18. The zero-order valence-corrected chi connectivity index (χ0v) is 24.6. The molecule has 0 spiro atoms. The minimum absolute atomic E-state index is 0.194. The molecule has 0 radical (unpaired) electrons. The van der Waals surface area contributed by atoms with Crippen molar-refractivity contribution in [1.82, 2.24) is 19.9 Å². The van der Waals surface area contributed by atoms with Crippen molar-refractivity contribution in [1.29, 1.82) is 10.8 Å². The van der Waals surface area contributed by atoms with E-state index in [0.717, 1.165) is 61.1 Å². The highest BCUT2D eigenvalue weighted by atomic mass is 15.0.